The average molecular weight is 424 g/mol. The first-order chi connectivity index (χ1) is 13.5. The van der Waals surface area contributed by atoms with E-state index in [0.717, 1.165) is 37.1 Å². The summed E-state index contributed by atoms with van der Waals surface area (Å²) >= 11 is 7.64. The Morgan fingerprint density at radius 1 is 1.18 bits per heavy atom. The van der Waals surface area contributed by atoms with Crippen molar-refractivity contribution in [3.05, 3.63) is 39.5 Å². The van der Waals surface area contributed by atoms with Crippen LogP contribution in [0.25, 0.3) is 0 Å². The molecule has 0 aliphatic carbocycles. The normalized spacial score (nSPS) is 16.6. The van der Waals surface area contributed by atoms with Gasteiger partial charge in [0.1, 0.15) is 11.5 Å². The molecule has 1 aromatic carbocycles. The molecule has 1 amide bonds. The van der Waals surface area contributed by atoms with Crippen LogP contribution in [0, 0.1) is 0 Å². The molecule has 0 bridgehead atoms. The van der Waals surface area contributed by atoms with Crippen molar-refractivity contribution in [2.75, 3.05) is 45.7 Å². The summed E-state index contributed by atoms with van der Waals surface area (Å²) in [5.41, 5.74) is 0.618. The number of halogens is 1. The van der Waals surface area contributed by atoms with Gasteiger partial charge in [-0.05, 0) is 31.2 Å². The number of rotatable bonds is 7. The fraction of sp³-hybridized carbons (Fsp3) is 0.450. The van der Waals surface area contributed by atoms with Crippen molar-refractivity contribution in [1.29, 1.82) is 0 Å². The minimum atomic E-state index is -0.228. The lowest BCUT2D eigenvalue weighted by atomic mass is 10.2. The van der Waals surface area contributed by atoms with E-state index in [1.165, 1.54) is 4.88 Å². The molecule has 1 aliphatic rings. The molecule has 0 saturated carbocycles. The Morgan fingerprint density at radius 3 is 2.54 bits per heavy atom. The maximum absolute atomic E-state index is 12.8. The summed E-state index contributed by atoms with van der Waals surface area (Å²) in [4.78, 5) is 18.7. The van der Waals surface area contributed by atoms with Crippen molar-refractivity contribution < 1.29 is 14.3 Å². The molecule has 28 heavy (non-hydrogen) atoms. The van der Waals surface area contributed by atoms with Gasteiger partial charge in [-0.3, -0.25) is 14.6 Å². The summed E-state index contributed by atoms with van der Waals surface area (Å²) in [5.74, 6) is 1.23. The van der Waals surface area contributed by atoms with Gasteiger partial charge in [0.15, 0.2) is 0 Å². The molecule has 1 fully saturated rings. The number of piperazine rings is 1. The number of hydrogen-bond donors (Lipinski definition) is 1. The summed E-state index contributed by atoms with van der Waals surface area (Å²) in [7, 11) is 3.18. The van der Waals surface area contributed by atoms with Gasteiger partial charge < -0.3 is 14.8 Å². The van der Waals surface area contributed by atoms with Crippen molar-refractivity contribution in [3.63, 3.8) is 0 Å². The highest BCUT2D eigenvalue weighted by molar-refractivity contribution is 7.16. The van der Waals surface area contributed by atoms with E-state index in [1.54, 1.807) is 43.8 Å². The zero-order valence-electron chi connectivity index (χ0n) is 16.4. The number of carbonyl (C=O) groups is 1. The van der Waals surface area contributed by atoms with Gasteiger partial charge in [-0.15, -0.1) is 11.3 Å². The monoisotopic (exact) mass is 423 g/mol. The third-order valence-electron chi connectivity index (χ3n) is 5.01. The van der Waals surface area contributed by atoms with Crippen LogP contribution in [0.1, 0.15) is 11.8 Å². The second-order valence-electron chi connectivity index (χ2n) is 6.75. The Balaban J connectivity index is 1.54. The third kappa shape index (κ3) is 5.17. The lowest BCUT2D eigenvalue weighted by Crippen LogP contribution is -2.52. The van der Waals surface area contributed by atoms with Crippen LogP contribution in [0.3, 0.4) is 0 Å². The first-order valence-corrected chi connectivity index (χ1v) is 10.4. The maximum Gasteiger partial charge on any atom is 0.241 e. The maximum atomic E-state index is 12.8. The van der Waals surface area contributed by atoms with E-state index < -0.39 is 0 Å². The van der Waals surface area contributed by atoms with E-state index in [1.807, 2.05) is 13.0 Å². The minimum Gasteiger partial charge on any atom is -0.497 e. The molecule has 1 atom stereocenters. The summed E-state index contributed by atoms with van der Waals surface area (Å²) in [6.45, 7) is 6.40. The highest BCUT2D eigenvalue weighted by atomic mass is 35.5. The highest BCUT2D eigenvalue weighted by Gasteiger charge is 2.26. The molecule has 1 saturated heterocycles. The number of carbonyl (C=O) groups excluding carboxylic acids is 1. The molecule has 1 aliphatic heterocycles. The van der Waals surface area contributed by atoms with Gasteiger partial charge in [0.2, 0.25) is 5.91 Å². The SMILES string of the molecule is COc1ccc(OC)c(NC(=O)C(C)N2CCN(Cc3ccc(Cl)s3)CC2)c1. The number of amides is 1. The number of hydrogen-bond acceptors (Lipinski definition) is 6. The lowest BCUT2D eigenvalue weighted by Gasteiger charge is -2.37. The van der Waals surface area contributed by atoms with Crippen LogP contribution < -0.4 is 14.8 Å². The fourth-order valence-corrected chi connectivity index (χ4v) is 4.41. The van der Waals surface area contributed by atoms with Gasteiger partial charge in [0.25, 0.3) is 0 Å². The minimum absolute atomic E-state index is 0.0509. The molecular weight excluding hydrogens is 398 g/mol. The van der Waals surface area contributed by atoms with E-state index in [9.17, 15) is 4.79 Å². The molecule has 2 heterocycles. The van der Waals surface area contributed by atoms with Gasteiger partial charge in [0.05, 0.1) is 30.3 Å². The molecule has 0 spiro atoms. The van der Waals surface area contributed by atoms with Crippen LogP contribution in [0.15, 0.2) is 30.3 Å². The molecule has 2 aromatic rings. The number of anilines is 1. The van der Waals surface area contributed by atoms with Crippen LogP contribution in [0.4, 0.5) is 5.69 Å². The summed E-state index contributed by atoms with van der Waals surface area (Å²) in [6.07, 6.45) is 0. The number of methoxy groups -OCH3 is 2. The molecule has 6 nitrogen and oxygen atoms in total. The number of ether oxygens (including phenoxy) is 2. The molecule has 0 radical (unpaired) electrons. The molecule has 1 aromatic heterocycles. The van der Waals surface area contributed by atoms with E-state index in [-0.39, 0.29) is 11.9 Å². The Labute approximate surface area is 175 Å². The molecule has 3 rings (SSSR count). The van der Waals surface area contributed by atoms with E-state index in [0.29, 0.717) is 17.2 Å². The first kappa shape index (κ1) is 20.9. The summed E-state index contributed by atoms with van der Waals surface area (Å²) < 4.78 is 11.4. The molecular formula is C20H26ClN3O3S. The van der Waals surface area contributed by atoms with Crippen LogP contribution in [-0.4, -0.2) is 62.1 Å². The van der Waals surface area contributed by atoms with Gasteiger partial charge in [-0.1, -0.05) is 11.6 Å². The third-order valence-corrected chi connectivity index (χ3v) is 6.22. The topological polar surface area (TPSA) is 54.0 Å². The standard InChI is InChI=1S/C20H26ClN3O3S/c1-14(20(25)22-17-12-15(26-2)4-6-18(17)27-3)24-10-8-23(9-11-24)13-16-5-7-19(21)28-16/h4-7,12,14H,8-11,13H2,1-3H3,(H,22,25). The van der Waals surface area contributed by atoms with Crippen molar-refractivity contribution in [1.82, 2.24) is 9.80 Å². The number of benzene rings is 1. The van der Waals surface area contributed by atoms with Gasteiger partial charge in [-0.25, -0.2) is 0 Å². The Kier molecular flexibility index (Phi) is 7.18. The van der Waals surface area contributed by atoms with Gasteiger partial charge in [-0.2, -0.15) is 0 Å². The molecule has 8 heteroatoms. The predicted molar refractivity (Wildman–Crippen MR) is 114 cm³/mol. The second-order valence-corrected chi connectivity index (χ2v) is 8.55. The van der Waals surface area contributed by atoms with Gasteiger partial charge in [0, 0.05) is 43.7 Å². The van der Waals surface area contributed by atoms with Crippen molar-refractivity contribution in [2.45, 2.75) is 19.5 Å². The van der Waals surface area contributed by atoms with Crippen molar-refractivity contribution in [2.24, 2.45) is 0 Å². The quantitative estimate of drug-likeness (QED) is 0.737. The number of thiophene rings is 1. The fourth-order valence-electron chi connectivity index (χ4n) is 3.28. The van der Waals surface area contributed by atoms with Gasteiger partial charge >= 0.3 is 0 Å². The first-order valence-electron chi connectivity index (χ1n) is 9.23. The second kappa shape index (κ2) is 9.60. The molecule has 1 N–H and O–H groups in total. The van der Waals surface area contributed by atoms with E-state index in [2.05, 4.69) is 21.2 Å². The number of nitrogens with one attached hydrogen (secondary N) is 1. The van der Waals surface area contributed by atoms with Crippen LogP contribution >= 0.6 is 22.9 Å². The van der Waals surface area contributed by atoms with E-state index in [4.69, 9.17) is 21.1 Å². The highest BCUT2D eigenvalue weighted by Crippen LogP contribution is 2.29. The smallest absolute Gasteiger partial charge is 0.241 e. The largest absolute Gasteiger partial charge is 0.497 e. The average Bonchev–Trinajstić information content (AvgIpc) is 3.12. The summed E-state index contributed by atoms with van der Waals surface area (Å²) in [6, 6.07) is 9.16. The number of nitrogens with zero attached hydrogens (tertiary/aromatic N) is 2. The molecule has 152 valence electrons. The van der Waals surface area contributed by atoms with Crippen molar-refractivity contribution in [3.8, 4) is 11.5 Å². The van der Waals surface area contributed by atoms with Crippen LogP contribution in [-0.2, 0) is 11.3 Å². The van der Waals surface area contributed by atoms with Crippen molar-refractivity contribution >= 4 is 34.5 Å². The Bertz CT molecular complexity index is 806. The Morgan fingerprint density at radius 2 is 1.93 bits per heavy atom. The van der Waals surface area contributed by atoms with E-state index >= 15 is 0 Å². The van der Waals surface area contributed by atoms with Crippen LogP contribution in [0.5, 0.6) is 11.5 Å². The zero-order chi connectivity index (χ0) is 20.1. The van der Waals surface area contributed by atoms with Crippen LogP contribution in [0.2, 0.25) is 4.34 Å². The summed E-state index contributed by atoms with van der Waals surface area (Å²) in [5, 5.41) is 2.97. The zero-order valence-corrected chi connectivity index (χ0v) is 18.0. The Hall–Kier alpha value is -1.80. The predicted octanol–water partition coefficient (Wildman–Crippen LogP) is 3.56. The molecule has 1 unspecified atom stereocenters. The lowest BCUT2D eigenvalue weighted by molar-refractivity contribution is -0.121.